The maximum Gasteiger partial charge on any atom is 0.122 e. The predicted molar refractivity (Wildman–Crippen MR) is 342 cm³/mol. The maximum absolute atomic E-state index is 12.6. The van der Waals surface area contributed by atoms with Gasteiger partial charge in [0.1, 0.15) is 51.7 Å². The van der Waals surface area contributed by atoms with Gasteiger partial charge in [0, 0.05) is 49.4 Å². The van der Waals surface area contributed by atoms with Crippen LogP contribution in [0.25, 0.3) is 0 Å². The Labute approximate surface area is 504 Å². The van der Waals surface area contributed by atoms with Crippen LogP contribution in [0.2, 0.25) is 0 Å². The highest BCUT2D eigenvalue weighted by Crippen LogP contribution is 2.47. The van der Waals surface area contributed by atoms with E-state index in [9.17, 15) is 46.0 Å². The third-order valence-corrected chi connectivity index (χ3v) is 18.1. The Morgan fingerprint density at radius 1 is 0.221 bits per heavy atom. The van der Waals surface area contributed by atoms with E-state index in [1.807, 2.05) is 77.9 Å². The Bertz CT molecular complexity index is 3840. The third kappa shape index (κ3) is 12.3. The first-order valence-corrected chi connectivity index (χ1v) is 29.2. The van der Waals surface area contributed by atoms with E-state index in [2.05, 4.69) is 81.4 Å². The minimum Gasteiger partial charge on any atom is -0.508 e. The fourth-order valence-electron chi connectivity index (χ4n) is 12.4. The minimum absolute atomic E-state index is 0.139. The number of rotatable bonds is 17. The van der Waals surface area contributed by atoms with Crippen LogP contribution in [-0.4, -0.2) is 46.0 Å². The maximum atomic E-state index is 12.6. The molecule has 9 heteroatoms. The highest BCUT2D eigenvalue weighted by atomic mass is 16.3. The first-order valence-electron chi connectivity index (χ1n) is 29.2. The first-order chi connectivity index (χ1) is 40.8. The topological polar surface area (TPSA) is 182 Å². The average Bonchev–Trinajstić information content (AvgIpc) is 1.14. The van der Waals surface area contributed by atoms with Gasteiger partial charge in [-0.2, -0.15) is 0 Å². The van der Waals surface area contributed by atoms with Gasteiger partial charge in [-0.05, 0) is 249 Å². The summed E-state index contributed by atoms with van der Waals surface area (Å²) >= 11 is 0. The lowest BCUT2D eigenvalue weighted by Gasteiger charge is -2.35. The van der Waals surface area contributed by atoms with Crippen molar-refractivity contribution in [3.63, 3.8) is 0 Å². The largest absolute Gasteiger partial charge is 0.508 e. The number of benzene rings is 10. The van der Waals surface area contributed by atoms with E-state index >= 15 is 0 Å². The standard InChI is InChI=1S/C77H76O9/c1-44-26-67(78)20-10-50(44)32-56-38-64(39-57(73(56)84)33-51-11-21-68(79)27-45(51)2)76(7,8)62-16-18-63(19-17-62)77(9,65-40-58(34-52-12-22-69(80)28-46(52)3)74(85)59(41-65)35-53-13-23-70(81)29-47(53)4)66-42-60(36-54-14-24-71(82)30-48(54)5)75(86)61(43-66)37-55-15-25-72(83)31-49(55)6/h10-31,38-43,78-86H,32-37H2,1-9H3. The van der Waals surface area contributed by atoms with Crippen molar-refractivity contribution in [2.75, 3.05) is 0 Å². The lowest BCUT2D eigenvalue weighted by Crippen LogP contribution is -2.27. The molecule has 0 radical (unpaired) electrons. The summed E-state index contributed by atoms with van der Waals surface area (Å²) in [6.45, 7) is 18.3. The third-order valence-electron chi connectivity index (χ3n) is 18.1. The van der Waals surface area contributed by atoms with Crippen LogP contribution in [-0.2, 0) is 49.4 Å². The average molecular weight is 1150 g/mol. The number of hydrogen-bond donors (Lipinski definition) is 9. The van der Waals surface area contributed by atoms with Gasteiger partial charge in [-0.3, -0.25) is 0 Å². The van der Waals surface area contributed by atoms with Crippen molar-refractivity contribution in [1.29, 1.82) is 0 Å². The molecule has 10 aromatic carbocycles. The zero-order valence-electron chi connectivity index (χ0n) is 50.4. The second-order valence-electron chi connectivity index (χ2n) is 24.5. The molecule has 0 saturated heterocycles. The monoisotopic (exact) mass is 1140 g/mol. The zero-order chi connectivity index (χ0) is 61.5. The molecule has 0 aromatic heterocycles. The minimum atomic E-state index is -1.01. The van der Waals surface area contributed by atoms with Gasteiger partial charge < -0.3 is 46.0 Å². The van der Waals surface area contributed by atoms with E-state index in [0.717, 1.165) is 106 Å². The summed E-state index contributed by atoms with van der Waals surface area (Å²) in [5, 5.41) is 100.0. The molecule has 0 heterocycles. The number of phenols is 9. The van der Waals surface area contributed by atoms with Gasteiger partial charge in [-0.25, -0.2) is 0 Å². The molecule has 10 aromatic rings. The van der Waals surface area contributed by atoms with Crippen LogP contribution in [0.4, 0.5) is 0 Å². The van der Waals surface area contributed by atoms with Crippen LogP contribution in [0, 0.1) is 41.5 Å². The molecule has 0 aliphatic rings. The molecule has 0 amide bonds. The van der Waals surface area contributed by atoms with Gasteiger partial charge in [-0.1, -0.05) is 111 Å². The van der Waals surface area contributed by atoms with Crippen molar-refractivity contribution in [3.05, 3.63) is 298 Å². The SMILES string of the molecule is Cc1cc(O)ccc1Cc1cc(C(C)(C)c2ccc(C(C)(c3cc(Cc4ccc(O)cc4C)c(O)c(Cc4ccc(O)cc4C)c3)c3cc(Cc4ccc(O)cc4C)c(O)c(Cc4ccc(O)cc4C)c3)cc2)cc(Cc2ccc(O)cc2C)c1O. The van der Waals surface area contributed by atoms with Crippen LogP contribution < -0.4 is 0 Å². The summed E-state index contributed by atoms with van der Waals surface area (Å²) in [4.78, 5) is 0. The van der Waals surface area contributed by atoms with E-state index in [1.54, 1.807) is 72.8 Å². The Morgan fingerprint density at radius 3 is 0.628 bits per heavy atom. The van der Waals surface area contributed by atoms with Crippen LogP contribution in [0.5, 0.6) is 51.7 Å². The lowest BCUT2D eigenvalue weighted by molar-refractivity contribution is 0.461. The van der Waals surface area contributed by atoms with Gasteiger partial charge in [-0.15, -0.1) is 0 Å². The molecule has 86 heavy (non-hydrogen) atoms. The van der Waals surface area contributed by atoms with Gasteiger partial charge >= 0.3 is 0 Å². The predicted octanol–water partition coefficient (Wildman–Crippen LogP) is 16.1. The van der Waals surface area contributed by atoms with Gasteiger partial charge in [0.25, 0.3) is 0 Å². The summed E-state index contributed by atoms with van der Waals surface area (Å²) in [6.07, 6.45) is 2.23. The normalized spacial score (nSPS) is 11.8. The summed E-state index contributed by atoms with van der Waals surface area (Å²) in [5.74, 6) is 1.41. The van der Waals surface area contributed by atoms with Crippen LogP contribution >= 0.6 is 0 Å². The first kappa shape index (κ1) is 59.6. The second kappa shape index (κ2) is 23.8. The van der Waals surface area contributed by atoms with Crippen molar-refractivity contribution < 1.29 is 46.0 Å². The van der Waals surface area contributed by atoms with E-state index in [4.69, 9.17) is 0 Å². The molecule has 0 atom stereocenters. The Hall–Kier alpha value is -9.60. The van der Waals surface area contributed by atoms with E-state index in [0.29, 0.717) is 60.8 Å². The van der Waals surface area contributed by atoms with Gasteiger partial charge in [0.05, 0.1) is 0 Å². The molecule has 9 nitrogen and oxygen atoms in total. The van der Waals surface area contributed by atoms with Crippen molar-refractivity contribution in [2.24, 2.45) is 0 Å². The molecule has 0 unspecified atom stereocenters. The summed E-state index contributed by atoms with van der Waals surface area (Å²) in [5.41, 5.74) is 18.1. The molecular weight excluding hydrogens is 1070 g/mol. The highest BCUT2D eigenvalue weighted by Gasteiger charge is 2.36. The van der Waals surface area contributed by atoms with Crippen molar-refractivity contribution >= 4 is 0 Å². The molecular formula is C77H76O9. The molecule has 0 saturated carbocycles. The number of aryl methyl sites for hydroxylation is 6. The van der Waals surface area contributed by atoms with Crippen LogP contribution in [0.15, 0.2) is 170 Å². The Balaban J connectivity index is 1.19. The number of hydrogen-bond acceptors (Lipinski definition) is 9. The van der Waals surface area contributed by atoms with Crippen molar-refractivity contribution in [2.45, 2.75) is 112 Å². The summed E-state index contributed by atoms with van der Waals surface area (Å²) in [7, 11) is 0. The number of aromatic hydroxyl groups is 9. The van der Waals surface area contributed by atoms with E-state index in [1.165, 1.54) is 0 Å². The van der Waals surface area contributed by atoms with Gasteiger partial charge in [0.15, 0.2) is 0 Å². The molecule has 0 fully saturated rings. The molecule has 0 aliphatic heterocycles. The fraction of sp³-hybridized carbons (Fsp3) is 0.221. The molecule has 10 rings (SSSR count). The molecule has 9 N–H and O–H groups in total. The fourth-order valence-corrected chi connectivity index (χ4v) is 12.4. The lowest BCUT2D eigenvalue weighted by atomic mass is 9.68. The molecule has 0 bridgehead atoms. The van der Waals surface area contributed by atoms with Crippen molar-refractivity contribution in [1.82, 2.24) is 0 Å². The van der Waals surface area contributed by atoms with Crippen LogP contribution in [0.3, 0.4) is 0 Å². The van der Waals surface area contributed by atoms with E-state index < -0.39 is 10.8 Å². The number of phenolic OH excluding ortho intramolecular Hbond substituents is 9. The van der Waals surface area contributed by atoms with Crippen LogP contribution in [0.1, 0.15) is 149 Å². The Morgan fingerprint density at radius 2 is 0.419 bits per heavy atom. The molecule has 0 aliphatic carbocycles. The molecule has 438 valence electrons. The highest BCUT2D eigenvalue weighted by molar-refractivity contribution is 5.62. The summed E-state index contributed by atoms with van der Waals surface area (Å²) < 4.78 is 0. The zero-order valence-corrected chi connectivity index (χ0v) is 50.4. The van der Waals surface area contributed by atoms with Crippen molar-refractivity contribution in [3.8, 4) is 51.7 Å². The second-order valence-corrected chi connectivity index (χ2v) is 24.5. The summed E-state index contributed by atoms with van der Waals surface area (Å²) in [6, 6.07) is 52.9. The Kier molecular flexibility index (Phi) is 16.5. The molecule has 0 spiro atoms. The van der Waals surface area contributed by atoms with Gasteiger partial charge in [0.2, 0.25) is 0 Å². The smallest absolute Gasteiger partial charge is 0.122 e. The van der Waals surface area contributed by atoms with E-state index in [-0.39, 0.29) is 51.7 Å². The quantitative estimate of drug-likeness (QED) is 0.0401.